The predicted molar refractivity (Wildman–Crippen MR) is 134 cm³/mol. The molecule has 0 bridgehead atoms. The number of fused-ring (bicyclic) bond motifs is 7. The lowest BCUT2D eigenvalue weighted by molar-refractivity contribution is 1.13. The van der Waals surface area contributed by atoms with Gasteiger partial charge in [-0.3, -0.25) is 8.97 Å². The molecule has 0 unspecified atom stereocenters. The summed E-state index contributed by atoms with van der Waals surface area (Å²) in [5.74, 6) is 0. The SMILES string of the molecule is Cc1cc(Br)c(Cl)c(-n2c3c(C)cc(C)cc3n3c4sc5ccccc5c4cc23)c1. The molecule has 3 aromatic carbocycles. The molecule has 0 N–H and O–H groups in total. The molecule has 0 radical (unpaired) electrons. The van der Waals surface area contributed by atoms with Crippen molar-refractivity contribution >= 4 is 75.9 Å². The Morgan fingerprint density at radius 3 is 2.50 bits per heavy atom. The number of halogens is 2. The zero-order valence-electron chi connectivity index (χ0n) is 16.8. The fourth-order valence-electron chi connectivity index (χ4n) is 4.68. The van der Waals surface area contributed by atoms with Gasteiger partial charge < -0.3 is 0 Å². The van der Waals surface area contributed by atoms with Gasteiger partial charge in [-0.25, -0.2) is 0 Å². The average Bonchev–Trinajstić information content (AvgIpc) is 3.32. The van der Waals surface area contributed by atoms with Gasteiger partial charge in [0, 0.05) is 19.9 Å². The van der Waals surface area contributed by atoms with Crippen LogP contribution in [-0.2, 0) is 0 Å². The van der Waals surface area contributed by atoms with Crippen LogP contribution in [0.25, 0.3) is 42.7 Å². The number of imidazole rings is 1. The van der Waals surface area contributed by atoms with Crippen LogP contribution in [0.15, 0.2) is 59.1 Å². The summed E-state index contributed by atoms with van der Waals surface area (Å²) in [6.07, 6.45) is 0. The molecule has 0 fully saturated rings. The van der Waals surface area contributed by atoms with Crippen LogP contribution in [0.1, 0.15) is 16.7 Å². The third-order valence-electron chi connectivity index (χ3n) is 5.83. The second-order valence-corrected chi connectivity index (χ2v) is 10.3. The number of nitrogens with zero attached hydrogens (tertiary/aromatic N) is 2. The molecule has 0 saturated heterocycles. The van der Waals surface area contributed by atoms with Crippen molar-refractivity contribution in [2.45, 2.75) is 20.8 Å². The van der Waals surface area contributed by atoms with E-state index in [1.165, 1.54) is 48.0 Å². The Morgan fingerprint density at radius 2 is 1.67 bits per heavy atom. The van der Waals surface area contributed by atoms with E-state index in [2.05, 4.69) is 100 Å². The fourth-order valence-corrected chi connectivity index (χ4v) is 6.64. The molecule has 0 aliphatic rings. The van der Waals surface area contributed by atoms with Crippen LogP contribution in [0, 0.1) is 20.8 Å². The monoisotopic (exact) mass is 492 g/mol. The Kier molecular flexibility index (Phi) is 3.92. The van der Waals surface area contributed by atoms with E-state index in [-0.39, 0.29) is 0 Å². The van der Waals surface area contributed by atoms with Crippen LogP contribution in [0.4, 0.5) is 0 Å². The van der Waals surface area contributed by atoms with Gasteiger partial charge in [0.25, 0.3) is 0 Å². The van der Waals surface area contributed by atoms with Crippen LogP contribution < -0.4 is 0 Å². The van der Waals surface area contributed by atoms with Crippen molar-refractivity contribution in [3.63, 3.8) is 0 Å². The van der Waals surface area contributed by atoms with E-state index in [1.54, 1.807) is 0 Å². The molecule has 0 spiro atoms. The van der Waals surface area contributed by atoms with Crippen LogP contribution >= 0.6 is 38.9 Å². The maximum absolute atomic E-state index is 6.83. The summed E-state index contributed by atoms with van der Waals surface area (Å²) < 4.78 is 6.97. The van der Waals surface area contributed by atoms with E-state index in [9.17, 15) is 0 Å². The van der Waals surface area contributed by atoms with Crippen LogP contribution in [0.3, 0.4) is 0 Å². The largest absolute Gasteiger partial charge is 0.292 e. The second-order valence-electron chi connectivity index (χ2n) is 8.02. The molecule has 0 amide bonds. The smallest absolute Gasteiger partial charge is 0.124 e. The summed E-state index contributed by atoms with van der Waals surface area (Å²) in [6.45, 7) is 6.46. The summed E-state index contributed by atoms with van der Waals surface area (Å²) in [7, 11) is 0. The van der Waals surface area contributed by atoms with Crippen LogP contribution in [0.2, 0.25) is 5.02 Å². The molecule has 0 aliphatic heterocycles. The molecular weight excluding hydrogens is 476 g/mol. The molecule has 3 aromatic heterocycles. The van der Waals surface area contributed by atoms with Crippen molar-refractivity contribution in [1.29, 1.82) is 0 Å². The molecule has 0 atom stereocenters. The predicted octanol–water partition coefficient (Wildman–Crippen LogP) is 8.59. The van der Waals surface area contributed by atoms with Crippen molar-refractivity contribution in [3.8, 4) is 5.69 Å². The lowest BCUT2D eigenvalue weighted by atomic mass is 10.1. The van der Waals surface area contributed by atoms with Gasteiger partial charge in [-0.05, 0) is 83.7 Å². The minimum Gasteiger partial charge on any atom is -0.292 e. The summed E-state index contributed by atoms with van der Waals surface area (Å²) in [5, 5.41) is 3.33. The standard InChI is InChI=1S/C25H18BrClN2S/c1-13-8-15(3)24-20(11-13)29-22(28(24)19-10-14(2)9-18(26)23(19)27)12-17-16-6-4-5-7-21(16)30-25(17)29/h4-12H,1-3H3. The third-order valence-corrected chi connectivity index (χ3v) is 8.26. The Labute approximate surface area is 191 Å². The summed E-state index contributed by atoms with van der Waals surface area (Å²) >= 11 is 12.3. The Balaban J connectivity index is 1.90. The Bertz CT molecular complexity index is 1650. The first kappa shape index (κ1) is 18.5. The summed E-state index contributed by atoms with van der Waals surface area (Å²) in [4.78, 5) is 1.28. The molecule has 6 aromatic rings. The highest BCUT2D eigenvalue weighted by Crippen LogP contribution is 2.42. The first-order chi connectivity index (χ1) is 14.4. The summed E-state index contributed by atoms with van der Waals surface area (Å²) in [5.41, 5.74) is 8.25. The molecule has 148 valence electrons. The molecule has 0 aliphatic carbocycles. The Hall–Kier alpha value is -2.27. The van der Waals surface area contributed by atoms with Crippen molar-refractivity contribution in [2.75, 3.05) is 0 Å². The van der Waals surface area contributed by atoms with Crippen LogP contribution in [-0.4, -0.2) is 8.97 Å². The van der Waals surface area contributed by atoms with Gasteiger partial charge in [0.2, 0.25) is 0 Å². The first-order valence-corrected chi connectivity index (χ1v) is 11.8. The topological polar surface area (TPSA) is 9.34 Å². The molecule has 30 heavy (non-hydrogen) atoms. The number of aryl methyl sites for hydroxylation is 3. The van der Waals surface area contributed by atoms with E-state index < -0.39 is 0 Å². The quantitative estimate of drug-likeness (QED) is 0.217. The third kappa shape index (κ3) is 2.41. The zero-order chi connectivity index (χ0) is 20.7. The van der Waals surface area contributed by atoms with Gasteiger partial charge in [0.15, 0.2) is 0 Å². The average molecular weight is 494 g/mol. The van der Waals surface area contributed by atoms with Crippen LogP contribution in [0.5, 0.6) is 0 Å². The van der Waals surface area contributed by atoms with Crippen molar-refractivity contribution in [3.05, 3.63) is 80.8 Å². The van der Waals surface area contributed by atoms with Crippen molar-refractivity contribution in [1.82, 2.24) is 8.97 Å². The molecular formula is C25H18BrClN2S. The molecule has 3 heterocycles. The number of hydrogen-bond donors (Lipinski definition) is 0. The number of aromatic nitrogens is 2. The van der Waals surface area contributed by atoms with Gasteiger partial charge in [-0.15, -0.1) is 11.3 Å². The van der Waals surface area contributed by atoms with Gasteiger partial charge in [0.1, 0.15) is 10.5 Å². The minimum absolute atomic E-state index is 0.731. The fraction of sp³-hybridized carbons (Fsp3) is 0.120. The molecule has 2 nitrogen and oxygen atoms in total. The molecule has 6 rings (SSSR count). The Morgan fingerprint density at radius 1 is 0.900 bits per heavy atom. The van der Waals surface area contributed by atoms with Crippen molar-refractivity contribution in [2.24, 2.45) is 0 Å². The summed E-state index contributed by atoms with van der Waals surface area (Å²) in [6, 6.07) is 19.7. The highest BCUT2D eigenvalue weighted by molar-refractivity contribution is 9.10. The zero-order valence-corrected chi connectivity index (χ0v) is 19.9. The number of thiophene rings is 1. The van der Waals surface area contributed by atoms with Gasteiger partial charge >= 0.3 is 0 Å². The maximum Gasteiger partial charge on any atom is 0.124 e. The lowest BCUT2D eigenvalue weighted by Crippen LogP contribution is -1.98. The number of rotatable bonds is 1. The van der Waals surface area contributed by atoms with Gasteiger partial charge in [-0.2, -0.15) is 0 Å². The second kappa shape index (κ2) is 6.36. The molecule has 0 saturated carbocycles. The number of benzene rings is 3. The molecule has 5 heteroatoms. The van der Waals surface area contributed by atoms with Gasteiger partial charge in [-0.1, -0.05) is 35.9 Å². The van der Waals surface area contributed by atoms with Gasteiger partial charge in [0.05, 0.1) is 21.7 Å². The lowest BCUT2D eigenvalue weighted by Gasteiger charge is -2.12. The van der Waals surface area contributed by atoms with E-state index in [1.807, 2.05) is 11.3 Å². The van der Waals surface area contributed by atoms with E-state index in [0.717, 1.165) is 20.8 Å². The minimum atomic E-state index is 0.731. The van der Waals surface area contributed by atoms with E-state index in [4.69, 9.17) is 11.6 Å². The van der Waals surface area contributed by atoms with E-state index >= 15 is 0 Å². The normalized spacial score (nSPS) is 12.2. The highest BCUT2D eigenvalue weighted by atomic mass is 79.9. The maximum atomic E-state index is 6.83. The van der Waals surface area contributed by atoms with E-state index in [0.29, 0.717) is 0 Å². The first-order valence-electron chi connectivity index (χ1n) is 9.84. The highest BCUT2D eigenvalue weighted by Gasteiger charge is 2.22. The van der Waals surface area contributed by atoms with Crippen molar-refractivity contribution < 1.29 is 0 Å². The number of hydrogen-bond acceptors (Lipinski definition) is 1.